The fourth-order valence-corrected chi connectivity index (χ4v) is 3.21. The van der Waals surface area contributed by atoms with Gasteiger partial charge in [-0.15, -0.1) is 11.3 Å². The molecule has 2 aromatic rings. The molecule has 0 spiro atoms. The van der Waals surface area contributed by atoms with Gasteiger partial charge in [0, 0.05) is 18.7 Å². The van der Waals surface area contributed by atoms with Crippen molar-refractivity contribution < 1.29 is 9.59 Å². The molecule has 1 N–H and O–H groups in total. The first-order chi connectivity index (χ1) is 10.2. The summed E-state index contributed by atoms with van der Waals surface area (Å²) in [6, 6.07) is 5.55. The topological polar surface area (TPSA) is 62.3 Å². The first-order valence-corrected chi connectivity index (χ1v) is 7.61. The van der Waals surface area contributed by atoms with Gasteiger partial charge in [-0.05, 0) is 30.8 Å². The van der Waals surface area contributed by atoms with E-state index in [9.17, 15) is 9.59 Å². The molecule has 6 heteroatoms. The van der Waals surface area contributed by atoms with Crippen LogP contribution in [0.25, 0.3) is 10.2 Å². The highest BCUT2D eigenvalue weighted by molar-refractivity contribution is 7.16. The van der Waals surface area contributed by atoms with Gasteiger partial charge in [0.25, 0.3) is 5.91 Å². The molecule has 5 nitrogen and oxygen atoms in total. The van der Waals surface area contributed by atoms with Gasteiger partial charge in [0.15, 0.2) is 0 Å². The second-order valence-corrected chi connectivity index (χ2v) is 5.87. The molecular formula is C15H15N3O2S. The van der Waals surface area contributed by atoms with Crippen LogP contribution < -0.4 is 5.32 Å². The minimum atomic E-state index is -0.157. The molecule has 2 heterocycles. The maximum absolute atomic E-state index is 12.5. The van der Waals surface area contributed by atoms with E-state index in [2.05, 4.69) is 16.9 Å². The number of fused-ring (bicyclic) bond motifs is 1. The second kappa shape index (κ2) is 5.65. The van der Waals surface area contributed by atoms with Gasteiger partial charge in [-0.3, -0.25) is 9.59 Å². The van der Waals surface area contributed by atoms with Gasteiger partial charge in [-0.1, -0.05) is 6.58 Å². The van der Waals surface area contributed by atoms with Gasteiger partial charge < -0.3 is 10.2 Å². The smallest absolute Gasteiger partial charge is 0.253 e. The summed E-state index contributed by atoms with van der Waals surface area (Å²) in [6.07, 6.45) is 2.06. The Bertz CT molecular complexity index is 710. The van der Waals surface area contributed by atoms with Crippen LogP contribution in [-0.2, 0) is 4.79 Å². The fraction of sp³-hybridized carbons (Fsp3) is 0.267. The monoisotopic (exact) mass is 301 g/mol. The number of amides is 2. The third-order valence-electron chi connectivity index (χ3n) is 3.67. The van der Waals surface area contributed by atoms with E-state index in [1.807, 2.05) is 18.2 Å². The van der Waals surface area contributed by atoms with Crippen LogP contribution in [0, 0.1) is 5.92 Å². The highest BCUT2D eigenvalue weighted by Gasteiger charge is 2.31. The first kappa shape index (κ1) is 13.8. The molecule has 2 amide bonds. The highest BCUT2D eigenvalue weighted by atomic mass is 32.1. The molecule has 21 heavy (non-hydrogen) atoms. The number of hydrogen-bond acceptors (Lipinski definition) is 4. The predicted octanol–water partition coefficient (Wildman–Crippen LogP) is 2.02. The van der Waals surface area contributed by atoms with E-state index in [1.54, 1.807) is 21.7 Å². The average molecular weight is 301 g/mol. The van der Waals surface area contributed by atoms with Crippen LogP contribution >= 0.6 is 11.3 Å². The molecule has 0 saturated carbocycles. The van der Waals surface area contributed by atoms with Crippen molar-refractivity contribution >= 4 is 33.4 Å². The van der Waals surface area contributed by atoms with Crippen LogP contribution in [0.5, 0.6) is 0 Å². The van der Waals surface area contributed by atoms with E-state index in [4.69, 9.17) is 0 Å². The molecule has 0 radical (unpaired) electrons. The summed E-state index contributed by atoms with van der Waals surface area (Å²) in [6.45, 7) is 4.53. The predicted molar refractivity (Wildman–Crippen MR) is 82.0 cm³/mol. The van der Waals surface area contributed by atoms with E-state index >= 15 is 0 Å². The number of likely N-dealkylation sites (tertiary alicyclic amines) is 1. The number of aromatic nitrogens is 1. The number of nitrogens with one attached hydrogen (secondary N) is 1. The zero-order valence-electron chi connectivity index (χ0n) is 11.4. The lowest BCUT2D eigenvalue weighted by Crippen LogP contribution is -2.32. The van der Waals surface area contributed by atoms with Crippen molar-refractivity contribution in [3.05, 3.63) is 42.1 Å². The van der Waals surface area contributed by atoms with Crippen LogP contribution in [0.1, 0.15) is 16.8 Å². The Hall–Kier alpha value is -2.21. The lowest BCUT2D eigenvalue weighted by molar-refractivity contribution is -0.123. The minimum Gasteiger partial charge on any atom is -0.338 e. The van der Waals surface area contributed by atoms with Crippen molar-refractivity contribution in [3.8, 4) is 0 Å². The number of carbonyl (C=O) groups excluding carboxylic acids is 2. The Morgan fingerprint density at radius 1 is 1.48 bits per heavy atom. The summed E-state index contributed by atoms with van der Waals surface area (Å²) in [7, 11) is 0. The second-order valence-electron chi connectivity index (χ2n) is 4.98. The van der Waals surface area contributed by atoms with Gasteiger partial charge in [0.1, 0.15) is 0 Å². The summed E-state index contributed by atoms with van der Waals surface area (Å²) >= 11 is 1.55. The van der Waals surface area contributed by atoms with Crippen LogP contribution in [-0.4, -0.2) is 34.8 Å². The van der Waals surface area contributed by atoms with Crippen LogP contribution in [0.3, 0.4) is 0 Å². The van der Waals surface area contributed by atoms with E-state index < -0.39 is 0 Å². The van der Waals surface area contributed by atoms with Crippen LogP contribution in [0.15, 0.2) is 36.5 Å². The van der Waals surface area contributed by atoms with Gasteiger partial charge in [0.05, 0.1) is 21.6 Å². The molecule has 1 aromatic carbocycles. The normalized spacial score (nSPS) is 17.9. The van der Waals surface area contributed by atoms with Crippen molar-refractivity contribution in [2.75, 3.05) is 13.1 Å². The summed E-state index contributed by atoms with van der Waals surface area (Å²) < 4.78 is 1.07. The molecule has 1 atom stereocenters. The molecule has 108 valence electrons. The van der Waals surface area contributed by atoms with Crippen molar-refractivity contribution in [2.24, 2.45) is 5.92 Å². The molecule has 1 aromatic heterocycles. The Labute approximate surface area is 126 Å². The molecule has 1 saturated heterocycles. The van der Waals surface area contributed by atoms with E-state index in [0.717, 1.165) is 10.2 Å². The summed E-state index contributed by atoms with van der Waals surface area (Å²) in [5.74, 6) is -0.274. The Morgan fingerprint density at radius 2 is 2.33 bits per heavy atom. The Balaban J connectivity index is 1.73. The van der Waals surface area contributed by atoms with Gasteiger partial charge in [-0.25, -0.2) is 4.98 Å². The minimum absolute atomic E-state index is 0.0428. The van der Waals surface area contributed by atoms with Crippen molar-refractivity contribution in [1.82, 2.24) is 15.2 Å². The Kier molecular flexibility index (Phi) is 3.70. The third kappa shape index (κ3) is 2.67. The fourth-order valence-electron chi connectivity index (χ4n) is 2.55. The highest BCUT2D eigenvalue weighted by Crippen LogP contribution is 2.22. The van der Waals surface area contributed by atoms with Crippen molar-refractivity contribution in [1.29, 1.82) is 0 Å². The van der Waals surface area contributed by atoms with Crippen molar-refractivity contribution in [3.63, 3.8) is 0 Å². The van der Waals surface area contributed by atoms with Crippen LogP contribution in [0.4, 0.5) is 0 Å². The average Bonchev–Trinajstić information content (AvgIpc) is 3.15. The molecule has 0 aliphatic carbocycles. The van der Waals surface area contributed by atoms with Crippen LogP contribution in [0.2, 0.25) is 0 Å². The van der Waals surface area contributed by atoms with Gasteiger partial charge in [0.2, 0.25) is 5.91 Å². The SMILES string of the molecule is C=CNC(=O)C1CCN(C(=O)c2ccc3scnc3c2)C1. The molecule has 3 rings (SSSR count). The van der Waals surface area contributed by atoms with E-state index in [-0.39, 0.29) is 17.7 Å². The number of rotatable bonds is 3. The zero-order valence-corrected chi connectivity index (χ0v) is 12.2. The van der Waals surface area contributed by atoms with Crippen molar-refractivity contribution in [2.45, 2.75) is 6.42 Å². The molecule has 1 unspecified atom stereocenters. The number of nitrogens with zero attached hydrogens (tertiary/aromatic N) is 2. The summed E-state index contributed by atoms with van der Waals surface area (Å²) in [5.41, 5.74) is 3.23. The standard InChI is InChI=1S/C15H15N3O2S/c1-2-16-14(19)11-5-6-18(8-11)15(20)10-3-4-13-12(7-10)17-9-21-13/h2-4,7,9,11H,1,5-6,8H2,(H,16,19). The lowest BCUT2D eigenvalue weighted by Gasteiger charge is -2.16. The van der Waals surface area contributed by atoms with Gasteiger partial charge >= 0.3 is 0 Å². The third-order valence-corrected chi connectivity index (χ3v) is 4.48. The summed E-state index contributed by atoms with van der Waals surface area (Å²) in [5, 5.41) is 2.59. The maximum atomic E-state index is 12.5. The number of benzene rings is 1. The quantitative estimate of drug-likeness (QED) is 0.943. The largest absolute Gasteiger partial charge is 0.338 e. The molecule has 1 fully saturated rings. The summed E-state index contributed by atoms with van der Waals surface area (Å²) in [4.78, 5) is 30.2. The molecule has 1 aliphatic rings. The van der Waals surface area contributed by atoms with E-state index in [1.165, 1.54) is 6.20 Å². The molecule has 0 bridgehead atoms. The first-order valence-electron chi connectivity index (χ1n) is 6.73. The number of hydrogen-bond donors (Lipinski definition) is 1. The molecular weight excluding hydrogens is 286 g/mol. The lowest BCUT2D eigenvalue weighted by atomic mass is 10.1. The molecule has 1 aliphatic heterocycles. The number of carbonyl (C=O) groups is 2. The Morgan fingerprint density at radius 3 is 3.14 bits per heavy atom. The zero-order chi connectivity index (χ0) is 14.8. The van der Waals surface area contributed by atoms with Gasteiger partial charge in [-0.2, -0.15) is 0 Å². The maximum Gasteiger partial charge on any atom is 0.253 e. The number of thiazole rings is 1. The van der Waals surface area contributed by atoms with E-state index in [0.29, 0.717) is 25.1 Å².